The Labute approximate surface area is 151 Å². The van der Waals surface area contributed by atoms with Gasteiger partial charge in [-0.05, 0) is 11.6 Å². The van der Waals surface area contributed by atoms with Crippen LogP contribution in [0.25, 0.3) is 0 Å². The van der Waals surface area contributed by atoms with Crippen molar-refractivity contribution in [1.29, 1.82) is 0 Å². The SMILES string of the molecule is COC(=O)c1c(NC(=O)c2ccc([N+](=O)[O-])s2)sc2c1CC[NH+](C)C2. The number of hydrogen-bond acceptors (Lipinski definition) is 7. The molecule has 3 heterocycles. The Morgan fingerprint density at radius 2 is 2.12 bits per heavy atom. The van der Waals surface area contributed by atoms with Gasteiger partial charge in [0.15, 0.2) is 0 Å². The predicted molar refractivity (Wildman–Crippen MR) is 93.7 cm³/mol. The van der Waals surface area contributed by atoms with E-state index in [1.807, 2.05) is 0 Å². The average Bonchev–Trinajstić information content (AvgIpc) is 3.18. The van der Waals surface area contributed by atoms with Crippen LogP contribution in [0.4, 0.5) is 10.0 Å². The summed E-state index contributed by atoms with van der Waals surface area (Å²) in [5.41, 5.74) is 1.32. The number of quaternary nitrogens is 1. The molecule has 1 atom stereocenters. The summed E-state index contributed by atoms with van der Waals surface area (Å²) in [6.45, 7) is 1.68. The summed E-state index contributed by atoms with van der Waals surface area (Å²) in [5, 5.41) is 13.8. The molecule has 10 heteroatoms. The average molecular weight is 382 g/mol. The van der Waals surface area contributed by atoms with E-state index in [1.165, 1.54) is 35.5 Å². The number of nitrogens with one attached hydrogen (secondary N) is 2. The van der Waals surface area contributed by atoms with Crippen LogP contribution in [0.1, 0.15) is 30.5 Å². The Balaban J connectivity index is 1.92. The van der Waals surface area contributed by atoms with E-state index in [1.54, 1.807) is 0 Å². The van der Waals surface area contributed by atoms with Crippen molar-refractivity contribution in [3.8, 4) is 0 Å². The fourth-order valence-electron chi connectivity index (χ4n) is 2.74. The molecular weight excluding hydrogens is 366 g/mol. The number of amides is 1. The number of carbonyl (C=O) groups excluding carboxylic acids is 2. The van der Waals surface area contributed by atoms with Crippen LogP contribution in [-0.2, 0) is 17.7 Å². The van der Waals surface area contributed by atoms with Gasteiger partial charge in [-0.1, -0.05) is 11.3 Å². The number of esters is 1. The van der Waals surface area contributed by atoms with E-state index in [-0.39, 0.29) is 9.88 Å². The molecule has 0 aliphatic carbocycles. The molecule has 0 saturated heterocycles. The number of hydrogen-bond donors (Lipinski definition) is 2. The first-order valence-corrected chi connectivity index (χ1v) is 9.13. The van der Waals surface area contributed by atoms with E-state index >= 15 is 0 Å². The minimum absolute atomic E-state index is 0.103. The number of likely N-dealkylation sites (N-methyl/N-ethyl adjacent to an activating group) is 1. The van der Waals surface area contributed by atoms with E-state index in [9.17, 15) is 19.7 Å². The molecule has 8 nitrogen and oxygen atoms in total. The highest BCUT2D eigenvalue weighted by atomic mass is 32.1. The molecule has 1 aliphatic heterocycles. The Morgan fingerprint density at radius 3 is 2.76 bits per heavy atom. The van der Waals surface area contributed by atoms with Crippen LogP contribution in [0.3, 0.4) is 0 Å². The normalized spacial score (nSPS) is 16.2. The molecule has 2 aromatic rings. The van der Waals surface area contributed by atoms with Gasteiger partial charge in [0.25, 0.3) is 5.91 Å². The Morgan fingerprint density at radius 1 is 1.36 bits per heavy atom. The van der Waals surface area contributed by atoms with Crippen LogP contribution in [0, 0.1) is 10.1 Å². The molecule has 0 saturated carbocycles. The number of ether oxygens (including phenoxy) is 1. The summed E-state index contributed by atoms with van der Waals surface area (Å²) >= 11 is 2.16. The lowest BCUT2D eigenvalue weighted by Crippen LogP contribution is -3.08. The number of methoxy groups -OCH3 is 1. The number of nitro groups is 1. The first-order chi connectivity index (χ1) is 11.9. The van der Waals surface area contributed by atoms with Gasteiger partial charge in [-0.15, -0.1) is 11.3 Å². The molecule has 2 aromatic heterocycles. The third kappa shape index (κ3) is 3.41. The fourth-order valence-corrected chi connectivity index (χ4v) is 4.80. The molecule has 0 fully saturated rings. The number of nitrogens with zero attached hydrogens (tertiary/aromatic N) is 1. The third-order valence-corrected chi connectivity index (χ3v) is 6.15. The predicted octanol–water partition coefficient (Wildman–Crippen LogP) is 1.33. The van der Waals surface area contributed by atoms with Crippen molar-refractivity contribution in [2.45, 2.75) is 13.0 Å². The highest BCUT2D eigenvalue weighted by Crippen LogP contribution is 2.36. The maximum Gasteiger partial charge on any atom is 0.341 e. The summed E-state index contributed by atoms with van der Waals surface area (Å²) in [4.78, 5) is 37.4. The Bertz CT molecular complexity index is 857. The monoisotopic (exact) mass is 382 g/mol. The highest BCUT2D eigenvalue weighted by Gasteiger charge is 2.30. The zero-order valence-electron chi connectivity index (χ0n) is 13.6. The lowest BCUT2D eigenvalue weighted by Gasteiger charge is -2.19. The molecule has 25 heavy (non-hydrogen) atoms. The molecule has 0 radical (unpaired) electrons. The van der Waals surface area contributed by atoms with Gasteiger partial charge in [-0.25, -0.2) is 4.79 Å². The van der Waals surface area contributed by atoms with Gasteiger partial charge in [0.1, 0.15) is 11.5 Å². The van der Waals surface area contributed by atoms with Crippen molar-refractivity contribution in [2.75, 3.05) is 26.0 Å². The van der Waals surface area contributed by atoms with Crippen molar-refractivity contribution >= 4 is 44.6 Å². The van der Waals surface area contributed by atoms with E-state index in [0.29, 0.717) is 10.6 Å². The smallest absolute Gasteiger partial charge is 0.341 e. The van der Waals surface area contributed by atoms with Gasteiger partial charge in [-0.3, -0.25) is 14.9 Å². The van der Waals surface area contributed by atoms with Gasteiger partial charge >= 0.3 is 11.0 Å². The summed E-state index contributed by atoms with van der Waals surface area (Å²) in [7, 11) is 3.38. The van der Waals surface area contributed by atoms with Gasteiger partial charge in [0.05, 0.1) is 40.9 Å². The van der Waals surface area contributed by atoms with Crippen LogP contribution < -0.4 is 10.2 Å². The van der Waals surface area contributed by atoms with Crippen LogP contribution in [0.2, 0.25) is 0 Å². The van der Waals surface area contributed by atoms with Gasteiger partial charge in [-0.2, -0.15) is 0 Å². The number of carbonyl (C=O) groups is 2. The second-order valence-corrected chi connectivity index (χ2v) is 7.85. The Hall–Kier alpha value is -2.30. The first kappa shape index (κ1) is 17.5. The number of fused-ring (bicyclic) bond motifs is 1. The molecule has 0 spiro atoms. The quantitative estimate of drug-likeness (QED) is 0.472. The zero-order valence-corrected chi connectivity index (χ0v) is 15.2. The standard InChI is InChI=1S/C15H15N3O5S2/c1-17-6-5-8-10(7-17)25-14(12(8)15(20)23-2)16-13(19)9-3-4-11(24-9)18(21)22/h3-4H,5-7H2,1-2H3,(H,16,19)/p+1. The Kier molecular flexibility index (Phi) is 4.84. The van der Waals surface area contributed by atoms with Crippen molar-refractivity contribution in [3.63, 3.8) is 0 Å². The van der Waals surface area contributed by atoms with Crippen molar-refractivity contribution in [1.82, 2.24) is 0 Å². The van der Waals surface area contributed by atoms with Crippen LogP contribution in [0.5, 0.6) is 0 Å². The van der Waals surface area contributed by atoms with E-state index in [2.05, 4.69) is 12.4 Å². The first-order valence-electron chi connectivity index (χ1n) is 7.50. The van der Waals surface area contributed by atoms with E-state index in [4.69, 9.17) is 4.74 Å². The van der Waals surface area contributed by atoms with E-state index in [0.717, 1.165) is 41.3 Å². The van der Waals surface area contributed by atoms with Crippen molar-refractivity contribution in [3.05, 3.63) is 43.1 Å². The van der Waals surface area contributed by atoms with Crippen molar-refractivity contribution in [2.24, 2.45) is 0 Å². The molecular formula is C15H16N3O5S2+. The second-order valence-electron chi connectivity index (χ2n) is 5.68. The zero-order chi connectivity index (χ0) is 18.1. The maximum atomic E-state index is 12.4. The minimum atomic E-state index is -0.538. The summed E-state index contributed by atoms with van der Waals surface area (Å²) in [5.74, 6) is -0.952. The number of anilines is 1. The second kappa shape index (κ2) is 6.90. The van der Waals surface area contributed by atoms with Crippen LogP contribution in [-0.4, -0.2) is 37.5 Å². The highest BCUT2D eigenvalue weighted by molar-refractivity contribution is 7.18. The lowest BCUT2D eigenvalue weighted by molar-refractivity contribution is -0.895. The molecule has 1 unspecified atom stereocenters. The molecule has 1 aliphatic rings. The third-order valence-electron chi connectivity index (χ3n) is 3.97. The summed E-state index contributed by atoms with van der Waals surface area (Å²) in [6.07, 6.45) is 0.739. The molecule has 0 bridgehead atoms. The largest absolute Gasteiger partial charge is 0.465 e. The molecule has 0 aromatic carbocycles. The lowest BCUT2D eigenvalue weighted by atomic mass is 10.0. The number of thiophene rings is 2. The van der Waals surface area contributed by atoms with Gasteiger partial charge in [0.2, 0.25) is 0 Å². The summed E-state index contributed by atoms with van der Waals surface area (Å²) in [6, 6.07) is 2.69. The minimum Gasteiger partial charge on any atom is -0.465 e. The maximum absolute atomic E-state index is 12.4. The molecule has 1 amide bonds. The van der Waals surface area contributed by atoms with Gasteiger partial charge < -0.3 is 15.0 Å². The topological polar surface area (TPSA) is 103 Å². The fraction of sp³-hybridized carbons (Fsp3) is 0.333. The molecule has 3 rings (SSSR count). The molecule has 132 valence electrons. The van der Waals surface area contributed by atoms with Crippen LogP contribution >= 0.6 is 22.7 Å². The van der Waals surface area contributed by atoms with Crippen molar-refractivity contribution < 1.29 is 24.1 Å². The molecule has 2 N–H and O–H groups in total. The van der Waals surface area contributed by atoms with Gasteiger partial charge in [0, 0.05) is 12.5 Å². The number of rotatable bonds is 4. The summed E-state index contributed by atoms with van der Waals surface area (Å²) < 4.78 is 4.87. The van der Waals surface area contributed by atoms with E-state index < -0.39 is 16.8 Å². The van der Waals surface area contributed by atoms with Crippen LogP contribution in [0.15, 0.2) is 12.1 Å².